The molecule has 0 amide bonds. The lowest BCUT2D eigenvalue weighted by Crippen LogP contribution is -2.24. The molecule has 112 valence electrons. The van der Waals surface area contributed by atoms with E-state index < -0.39 is 5.60 Å². The van der Waals surface area contributed by atoms with Gasteiger partial charge in [-0.2, -0.15) is 0 Å². The van der Waals surface area contributed by atoms with Crippen molar-refractivity contribution in [3.63, 3.8) is 0 Å². The van der Waals surface area contributed by atoms with Gasteiger partial charge in [-0.05, 0) is 44.4 Å². The van der Waals surface area contributed by atoms with Crippen LogP contribution in [0.25, 0.3) is 0 Å². The number of hydrogen-bond donors (Lipinski definition) is 1. The molecule has 1 N–H and O–H groups in total. The number of ether oxygens (including phenoxy) is 1. The van der Waals surface area contributed by atoms with Gasteiger partial charge >= 0.3 is 0 Å². The van der Waals surface area contributed by atoms with E-state index in [0.717, 1.165) is 28.7 Å². The monoisotopic (exact) mass is 285 g/mol. The predicted octanol–water partition coefficient (Wildman–Crippen LogP) is 3.74. The molecule has 0 aliphatic carbocycles. The lowest BCUT2D eigenvalue weighted by molar-refractivity contribution is 0.101. The van der Waals surface area contributed by atoms with Crippen molar-refractivity contribution in [1.29, 1.82) is 0 Å². The second-order valence-corrected chi connectivity index (χ2v) is 5.65. The van der Waals surface area contributed by atoms with Crippen LogP contribution in [0.3, 0.4) is 0 Å². The molecule has 0 aliphatic rings. The Labute approximate surface area is 126 Å². The van der Waals surface area contributed by atoms with Crippen LogP contribution in [-0.2, 0) is 5.60 Å². The highest BCUT2D eigenvalue weighted by Crippen LogP contribution is 2.33. The van der Waals surface area contributed by atoms with Gasteiger partial charge in [-0.1, -0.05) is 30.7 Å². The Morgan fingerprint density at radius 3 is 2.67 bits per heavy atom. The summed E-state index contributed by atoms with van der Waals surface area (Å²) in [4.78, 5) is 4.20. The average Bonchev–Trinajstić information content (AvgIpc) is 2.48. The summed E-state index contributed by atoms with van der Waals surface area (Å²) >= 11 is 0. The van der Waals surface area contributed by atoms with Crippen LogP contribution in [0.15, 0.2) is 36.7 Å². The summed E-state index contributed by atoms with van der Waals surface area (Å²) in [7, 11) is 0. The predicted molar refractivity (Wildman–Crippen MR) is 84.6 cm³/mol. The standard InChI is InChI=1S/C18H23NO2/c1-5-8-21-16-10-15(11-19-12-16)18(4,20)17-9-13(2)6-7-14(17)3/h6-7,9-12,20H,5,8H2,1-4H3. The summed E-state index contributed by atoms with van der Waals surface area (Å²) in [6.07, 6.45) is 4.32. The van der Waals surface area contributed by atoms with Crippen molar-refractivity contribution in [3.8, 4) is 5.75 Å². The molecule has 1 atom stereocenters. The molecule has 2 aromatic rings. The molecular formula is C18H23NO2. The van der Waals surface area contributed by atoms with Gasteiger partial charge in [0.1, 0.15) is 11.4 Å². The van der Waals surface area contributed by atoms with E-state index in [1.54, 1.807) is 19.3 Å². The van der Waals surface area contributed by atoms with Crippen molar-refractivity contribution in [2.24, 2.45) is 0 Å². The van der Waals surface area contributed by atoms with Gasteiger partial charge in [-0.15, -0.1) is 0 Å². The molecule has 0 radical (unpaired) electrons. The minimum absolute atomic E-state index is 0.650. The summed E-state index contributed by atoms with van der Waals surface area (Å²) in [5.41, 5.74) is 2.74. The van der Waals surface area contributed by atoms with E-state index in [2.05, 4.69) is 11.9 Å². The number of nitrogens with zero attached hydrogens (tertiary/aromatic N) is 1. The number of aromatic nitrogens is 1. The van der Waals surface area contributed by atoms with Crippen LogP contribution in [-0.4, -0.2) is 16.7 Å². The first-order valence-corrected chi connectivity index (χ1v) is 7.33. The average molecular weight is 285 g/mol. The number of hydrogen-bond acceptors (Lipinski definition) is 3. The van der Waals surface area contributed by atoms with Crippen molar-refractivity contribution in [2.75, 3.05) is 6.61 Å². The maximum Gasteiger partial charge on any atom is 0.137 e. The third kappa shape index (κ3) is 3.42. The summed E-state index contributed by atoms with van der Waals surface area (Å²) in [5.74, 6) is 0.694. The molecule has 0 saturated carbocycles. The van der Waals surface area contributed by atoms with Crippen molar-refractivity contribution < 1.29 is 9.84 Å². The Morgan fingerprint density at radius 1 is 1.19 bits per heavy atom. The van der Waals surface area contributed by atoms with Crippen LogP contribution in [0.4, 0.5) is 0 Å². The smallest absolute Gasteiger partial charge is 0.137 e. The van der Waals surface area contributed by atoms with E-state index in [-0.39, 0.29) is 0 Å². The van der Waals surface area contributed by atoms with Crippen molar-refractivity contribution in [3.05, 3.63) is 58.9 Å². The second-order valence-electron chi connectivity index (χ2n) is 5.65. The molecule has 0 bridgehead atoms. The molecule has 3 heteroatoms. The van der Waals surface area contributed by atoms with Crippen LogP contribution in [0, 0.1) is 13.8 Å². The maximum atomic E-state index is 11.0. The lowest BCUT2D eigenvalue weighted by atomic mass is 9.85. The molecule has 1 unspecified atom stereocenters. The topological polar surface area (TPSA) is 42.4 Å². The first-order chi connectivity index (χ1) is 9.95. The zero-order valence-corrected chi connectivity index (χ0v) is 13.2. The van der Waals surface area contributed by atoms with E-state index in [9.17, 15) is 5.11 Å². The quantitative estimate of drug-likeness (QED) is 0.910. The van der Waals surface area contributed by atoms with Crippen molar-refractivity contribution in [1.82, 2.24) is 4.98 Å². The highest BCUT2D eigenvalue weighted by atomic mass is 16.5. The fourth-order valence-corrected chi connectivity index (χ4v) is 2.40. The molecule has 21 heavy (non-hydrogen) atoms. The number of rotatable bonds is 5. The minimum atomic E-state index is -1.09. The Morgan fingerprint density at radius 2 is 1.95 bits per heavy atom. The van der Waals surface area contributed by atoms with Crippen molar-refractivity contribution >= 4 is 0 Å². The number of aliphatic hydroxyl groups is 1. The summed E-state index contributed by atoms with van der Waals surface area (Å²) < 4.78 is 5.61. The van der Waals surface area contributed by atoms with Gasteiger partial charge in [0.2, 0.25) is 0 Å². The summed E-state index contributed by atoms with van der Waals surface area (Å²) in [5, 5.41) is 11.0. The van der Waals surface area contributed by atoms with Gasteiger partial charge < -0.3 is 9.84 Å². The lowest BCUT2D eigenvalue weighted by Gasteiger charge is -2.26. The van der Waals surface area contributed by atoms with Gasteiger partial charge in [0, 0.05) is 11.8 Å². The Bertz CT molecular complexity index is 620. The third-order valence-corrected chi connectivity index (χ3v) is 3.67. The first kappa shape index (κ1) is 15.5. The van der Waals surface area contributed by atoms with Gasteiger partial charge in [-0.25, -0.2) is 0 Å². The molecule has 0 aliphatic heterocycles. The molecule has 0 fully saturated rings. The van der Waals surface area contributed by atoms with E-state index in [1.807, 2.05) is 38.1 Å². The summed E-state index contributed by atoms with van der Waals surface area (Å²) in [6, 6.07) is 7.97. The Kier molecular flexibility index (Phi) is 4.63. The molecule has 0 saturated heterocycles. The highest BCUT2D eigenvalue weighted by molar-refractivity contribution is 5.42. The molecule has 1 heterocycles. The van der Waals surface area contributed by atoms with Crippen molar-refractivity contribution in [2.45, 2.75) is 39.7 Å². The number of pyridine rings is 1. The second kappa shape index (κ2) is 6.27. The minimum Gasteiger partial charge on any atom is -0.492 e. The van der Waals surface area contributed by atoms with Gasteiger partial charge in [0.15, 0.2) is 0 Å². The van der Waals surface area contributed by atoms with E-state index in [0.29, 0.717) is 12.4 Å². The van der Waals surface area contributed by atoms with Crippen LogP contribution in [0.2, 0.25) is 0 Å². The van der Waals surface area contributed by atoms with Crippen LogP contribution in [0.5, 0.6) is 5.75 Å². The van der Waals surface area contributed by atoms with Gasteiger partial charge in [0.25, 0.3) is 0 Å². The summed E-state index contributed by atoms with van der Waals surface area (Å²) in [6.45, 7) is 8.54. The molecular weight excluding hydrogens is 262 g/mol. The third-order valence-electron chi connectivity index (χ3n) is 3.67. The molecule has 1 aromatic carbocycles. The SMILES string of the molecule is CCCOc1cncc(C(C)(O)c2cc(C)ccc2C)c1. The molecule has 1 aromatic heterocycles. The zero-order valence-electron chi connectivity index (χ0n) is 13.2. The largest absolute Gasteiger partial charge is 0.492 e. The van der Waals surface area contributed by atoms with E-state index in [4.69, 9.17) is 4.74 Å². The maximum absolute atomic E-state index is 11.0. The molecule has 2 rings (SSSR count). The van der Waals surface area contributed by atoms with Crippen LogP contribution >= 0.6 is 0 Å². The van der Waals surface area contributed by atoms with Gasteiger partial charge in [-0.3, -0.25) is 4.98 Å². The van der Waals surface area contributed by atoms with E-state index >= 15 is 0 Å². The Hall–Kier alpha value is -1.87. The number of benzene rings is 1. The fourth-order valence-electron chi connectivity index (χ4n) is 2.40. The van der Waals surface area contributed by atoms with Crippen LogP contribution < -0.4 is 4.74 Å². The fraction of sp³-hybridized carbons (Fsp3) is 0.389. The zero-order chi connectivity index (χ0) is 15.5. The van der Waals surface area contributed by atoms with E-state index in [1.165, 1.54) is 0 Å². The van der Waals surface area contributed by atoms with Crippen LogP contribution in [0.1, 0.15) is 42.5 Å². The normalized spacial score (nSPS) is 13.8. The molecule has 3 nitrogen and oxygen atoms in total. The van der Waals surface area contributed by atoms with Gasteiger partial charge in [0.05, 0.1) is 12.8 Å². The molecule has 0 spiro atoms. The Balaban J connectivity index is 2.40. The number of aryl methyl sites for hydroxylation is 2. The first-order valence-electron chi connectivity index (χ1n) is 7.33. The highest BCUT2D eigenvalue weighted by Gasteiger charge is 2.28.